The molecular weight excluding hydrogens is 306 g/mol. The Bertz CT molecular complexity index is 458. The molecule has 1 aromatic carbocycles. The maximum Gasteiger partial charge on any atom is 0.253 e. The average Bonchev–Trinajstić information content (AvgIpc) is 2.24. The van der Waals surface area contributed by atoms with Gasteiger partial charge in [0, 0.05) is 23.2 Å². The van der Waals surface area contributed by atoms with E-state index in [-0.39, 0.29) is 11.3 Å². The molecule has 4 nitrogen and oxygen atoms in total. The lowest BCUT2D eigenvalue weighted by atomic mass is 9.93. The molecule has 0 unspecified atom stereocenters. The highest BCUT2D eigenvalue weighted by molar-refractivity contribution is 9.10. The fraction of sp³-hybridized carbons (Fsp3) is 0.500. The minimum atomic E-state index is -0.128. The van der Waals surface area contributed by atoms with Gasteiger partial charge in [-0.2, -0.15) is 0 Å². The Morgan fingerprint density at radius 3 is 2.58 bits per heavy atom. The van der Waals surface area contributed by atoms with E-state index in [9.17, 15) is 4.79 Å². The van der Waals surface area contributed by atoms with E-state index in [1.165, 1.54) is 0 Å². The predicted octanol–water partition coefficient (Wildman–Crippen LogP) is 2.35. The van der Waals surface area contributed by atoms with E-state index in [1.807, 2.05) is 20.2 Å². The highest BCUT2D eigenvalue weighted by Gasteiger charge is 2.20. The summed E-state index contributed by atoms with van der Waals surface area (Å²) in [6.07, 6.45) is 0. The third-order valence-corrected chi connectivity index (χ3v) is 3.22. The van der Waals surface area contributed by atoms with Gasteiger partial charge >= 0.3 is 0 Å². The van der Waals surface area contributed by atoms with Gasteiger partial charge in [0.15, 0.2) is 0 Å². The zero-order chi connectivity index (χ0) is 14.6. The van der Waals surface area contributed by atoms with Crippen LogP contribution in [0.1, 0.15) is 24.2 Å². The second-order valence-corrected chi connectivity index (χ2v) is 6.73. The quantitative estimate of drug-likeness (QED) is 0.816. The molecule has 3 N–H and O–H groups in total. The van der Waals surface area contributed by atoms with Crippen LogP contribution >= 0.6 is 15.9 Å². The smallest absolute Gasteiger partial charge is 0.253 e. The second-order valence-electron chi connectivity index (χ2n) is 5.82. The van der Waals surface area contributed by atoms with Crippen molar-refractivity contribution in [3.8, 4) is 0 Å². The van der Waals surface area contributed by atoms with Crippen molar-refractivity contribution >= 4 is 27.5 Å². The van der Waals surface area contributed by atoms with E-state index in [0.717, 1.165) is 11.0 Å². The summed E-state index contributed by atoms with van der Waals surface area (Å²) in [4.78, 5) is 14.2. The Kier molecular flexibility index (Phi) is 5.38. The van der Waals surface area contributed by atoms with Gasteiger partial charge in [0.25, 0.3) is 5.91 Å². The zero-order valence-corrected chi connectivity index (χ0v) is 13.5. The number of anilines is 1. The number of hydrogen-bond acceptors (Lipinski definition) is 3. The molecule has 0 aliphatic carbocycles. The highest BCUT2D eigenvalue weighted by atomic mass is 79.9. The second kappa shape index (κ2) is 6.39. The lowest BCUT2D eigenvalue weighted by Gasteiger charge is -2.28. The van der Waals surface area contributed by atoms with Gasteiger partial charge in [-0.05, 0) is 37.7 Å². The molecule has 0 heterocycles. The molecule has 0 radical (unpaired) electrons. The number of carbonyl (C=O) groups excluding carboxylic acids is 1. The number of amides is 1. The van der Waals surface area contributed by atoms with Crippen molar-refractivity contribution in [2.45, 2.75) is 13.8 Å². The van der Waals surface area contributed by atoms with Crippen molar-refractivity contribution in [3.05, 3.63) is 28.2 Å². The molecule has 1 rings (SSSR count). The van der Waals surface area contributed by atoms with Crippen LogP contribution in [0.4, 0.5) is 5.69 Å². The van der Waals surface area contributed by atoms with E-state index < -0.39 is 0 Å². The van der Waals surface area contributed by atoms with Crippen LogP contribution in [-0.2, 0) is 0 Å². The standard InChI is InChI=1S/C14H22BrN3O/c1-14(2,9-18(3)4)8-17-13(19)11-6-5-10(15)7-12(11)16/h5-7H,8-9,16H2,1-4H3,(H,17,19). The molecule has 0 bridgehead atoms. The SMILES string of the molecule is CN(C)CC(C)(C)CNC(=O)c1ccc(Br)cc1N. The van der Waals surface area contributed by atoms with Crippen LogP contribution < -0.4 is 11.1 Å². The molecule has 0 aliphatic heterocycles. The molecule has 0 aliphatic rings. The molecule has 106 valence electrons. The normalized spacial score (nSPS) is 11.7. The number of benzene rings is 1. The van der Waals surface area contributed by atoms with Gasteiger partial charge in [-0.25, -0.2) is 0 Å². The minimum absolute atomic E-state index is 0.0171. The molecular formula is C14H22BrN3O. The first-order valence-electron chi connectivity index (χ1n) is 6.19. The maximum absolute atomic E-state index is 12.1. The third-order valence-electron chi connectivity index (χ3n) is 2.73. The number of rotatable bonds is 5. The van der Waals surface area contributed by atoms with E-state index in [1.54, 1.807) is 12.1 Å². The van der Waals surface area contributed by atoms with Gasteiger partial charge in [-0.1, -0.05) is 29.8 Å². The predicted molar refractivity (Wildman–Crippen MR) is 83.2 cm³/mol. The first-order valence-corrected chi connectivity index (χ1v) is 6.98. The van der Waals surface area contributed by atoms with Crippen molar-refractivity contribution < 1.29 is 4.79 Å². The summed E-state index contributed by atoms with van der Waals surface area (Å²) in [5.41, 5.74) is 6.86. The van der Waals surface area contributed by atoms with Gasteiger partial charge in [0.1, 0.15) is 0 Å². The first kappa shape index (κ1) is 16.0. The molecule has 0 fully saturated rings. The van der Waals surface area contributed by atoms with Crippen LogP contribution in [0.3, 0.4) is 0 Å². The molecule has 1 aromatic rings. The largest absolute Gasteiger partial charge is 0.398 e. The number of hydrogen-bond donors (Lipinski definition) is 2. The van der Waals surface area contributed by atoms with Crippen LogP contribution in [0.5, 0.6) is 0 Å². The molecule has 0 aromatic heterocycles. The lowest BCUT2D eigenvalue weighted by Crippen LogP contribution is -2.40. The van der Waals surface area contributed by atoms with Crippen molar-refractivity contribution in [1.82, 2.24) is 10.2 Å². The number of carbonyl (C=O) groups is 1. The van der Waals surface area contributed by atoms with Gasteiger partial charge < -0.3 is 16.0 Å². The van der Waals surface area contributed by atoms with Gasteiger partial charge in [-0.15, -0.1) is 0 Å². The van der Waals surface area contributed by atoms with Crippen LogP contribution in [0.25, 0.3) is 0 Å². The molecule has 0 spiro atoms. The van der Waals surface area contributed by atoms with E-state index in [2.05, 4.69) is 40.0 Å². The van der Waals surface area contributed by atoms with Gasteiger partial charge in [0.05, 0.1) is 5.56 Å². The molecule has 0 saturated carbocycles. The number of nitrogens with one attached hydrogen (secondary N) is 1. The summed E-state index contributed by atoms with van der Waals surface area (Å²) in [7, 11) is 4.05. The van der Waals surface area contributed by atoms with E-state index in [0.29, 0.717) is 17.8 Å². The summed E-state index contributed by atoms with van der Waals surface area (Å²) in [6, 6.07) is 5.28. The average molecular weight is 328 g/mol. The topological polar surface area (TPSA) is 58.4 Å². The zero-order valence-electron chi connectivity index (χ0n) is 12.0. The summed E-state index contributed by atoms with van der Waals surface area (Å²) in [5.74, 6) is -0.128. The number of halogens is 1. The Labute approximate surface area is 123 Å². The summed E-state index contributed by atoms with van der Waals surface area (Å²) >= 11 is 3.33. The van der Waals surface area contributed by atoms with E-state index >= 15 is 0 Å². The van der Waals surface area contributed by atoms with E-state index in [4.69, 9.17) is 5.73 Å². The van der Waals surface area contributed by atoms with Crippen molar-refractivity contribution in [2.24, 2.45) is 5.41 Å². The molecule has 0 atom stereocenters. The van der Waals surface area contributed by atoms with Crippen molar-refractivity contribution in [3.63, 3.8) is 0 Å². The fourth-order valence-corrected chi connectivity index (χ4v) is 2.45. The Morgan fingerprint density at radius 2 is 2.05 bits per heavy atom. The number of nitrogens with two attached hydrogens (primary N) is 1. The first-order chi connectivity index (χ1) is 8.71. The fourth-order valence-electron chi connectivity index (χ4n) is 2.07. The number of nitrogens with zero attached hydrogens (tertiary/aromatic N) is 1. The van der Waals surface area contributed by atoms with Crippen molar-refractivity contribution in [1.29, 1.82) is 0 Å². The summed E-state index contributed by atoms with van der Waals surface area (Å²) < 4.78 is 0.870. The van der Waals surface area contributed by atoms with Crippen LogP contribution in [0.2, 0.25) is 0 Å². The highest BCUT2D eigenvalue weighted by Crippen LogP contribution is 2.19. The Morgan fingerprint density at radius 1 is 1.42 bits per heavy atom. The van der Waals surface area contributed by atoms with Gasteiger partial charge in [-0.3, -0.25) is 4.79 Å². The molecule has 19 heavy (non-hydrogen) atoms. The summed E-state index contributed by atoms with van der Waals surface area (Å²) in [5, 5.41) is 2.94. The minimum Gasteiger partial charge on any atom is -0.398 e. The molecule has 5 heteroatoms. The maximum atomic E-state index is 12.1. The van der Waals surface area contributed by atoms with Crippen molar-refractivity contribution in [2.75, 3.05) is 32.9 Å². The molecule has 0 saturated heterocycles. The van der Waals surface area contributed by atoms with Crippen LogP contribution in [0.15, 0.2) is 22.7 Å². The Hall–Kier alpha value is -1.07. The number of nitrogen functional groups attached to an aromatic ring is 1. The summed E-state index contributed by atoms with van der Waals surface area (Å²) in [6.45, 7) is 5.76. The van der Waals surface area contributed by atoms with Crippen LogP contribution in [0, 0.1) is 5.41 Å². The Balaban J connectivity index is 2.65. The monoisotopic (exact) mass is 327 g/mol. The molecule has 1 amide bonds. The lowest BCUT2D eigenvalue weighted by molar-refractivity contribution is 0.0930. The van der Waals surface area contributed by atoms with Gasteiger partial charge in [0.2, 0.25) is 0 Å². The van der Waals surface area contributed by atoms with Crippen LogP contribution in [-0.4, -0.2) is 38.0 Å². The third kappa shape index (κ3) is 5.20.